The average Bonchev–Trinajstić information content (AvgIpc) is 3.14. The highest BCUT2D eigenvalue weighted by Crippen LogP contribution is 2.34. The van der Waals surface area contributed by atoms with Crippen molar-refractivity contribution < 1.29 is 14.0 Å². The van der Waals surface area contributed by atoms with Crippen molar-refractivity contribution in [1.29, 1.82) is 0 Å². The standard InChI is InChI=1S/C23H18ClFN2O2S/c1-14-11-17(15(2)27(14)20-9-5-18(24)6-10-20)12-21-22(28)26(23(29)30-21)13-16-3-7-19(25)8-4-16/h3-12H,13H2,1-2H3/b21-12+. The fourth-order valence-corrected chi connectivity index (χ4v) is 4.43. The van der Waals surface area contributed by atoms with Gasteiger partial charge in [0.2, 0.25) is 0 Å². The molecule has 7 heteroatoms. The van der Waals surface area contributed by atoms with E-state index in [2.05, 4.69) is 4.57 Å². The second-order valence-corrected chi connectivity index (χ2v) is 8.46. The first-order valence-corrected chi connectivity index (χ1v) is 10.5. The third kappa shape index (κ3) is 3.93. The van der Waals surface area contributed by atoms with Crippen molar-refractivity contribution in [1.82, 2.24) is 9.47 Å². The Kier molecular flexibility index (Phi) is 5.54. The number of benzene rings is 2. The van der Waals surface area contributed by atoms with Gasteiger partial charge in [-0.15, -0.1) is 0 Å². The van der Waals surface area contributed by atoms with Crippen LogP contribution < -0.4 is 0 Å². The van der Waals surface area contributed by atoms with Crippen molar-refractivity contribution in [3.63, 3.8) is 0 Å². The Hall–Kier alpha value is -2.83. The lowest BCUT2D eigenvalue weighted by molar-refractivity contribution is -0.123. The lowest BCUT2D eigenvalue weighted by Gasteiger charge is -2.12. The maximum absolute atomic E-state index is 13.1. The molecule has 0 atom stereocenters. The minimum Gasteiger partial charge on any atom is -0.318 e. The number of carbonyl (C=O) groups excluding carboxylic acids is 2. The first-order valence-electron chi connectivity index (χ1n) is 9.28. The SMILES string of the molecule is Cc1cc(/C=C2/SC(=O)N(Cc3ccc(F)cc3)C2=O)c(C)n1-c1ccc(Cl)cc1. The largest absolute Gasteiger partial charge is 0.318 e. The van der Waals surface area contributed by atoms with Crippen molar-refractivity contribution in [3.8, 4) is 5.69 Å². The second-order valence-electron chi connectivity index (χ2n) is 7.03. The molecule has 30 heavy (non-hydrogen) atoms. The van der Waals surface area contributed by atoms with E-state index in [0.29, 0.717) is 15.5 Å². The number of aromatic nitrogens is 1. The number of halogens is 2. The minimum absolute atomic E-state index is 0.117. The highest BCUT2D eigenvalue weighted by Gasteiger charge is 2.35. The maximum Gasteiger partial charge on any atom is 0.293 e. The summed E-state index contributed by atoms with van der Waals surface area (Å²) in [5.74, 6) is -0.700. The van der Waals surface area contributed by atoms with Gasteiger partial charge in [0.15, 0.2) is 0 Å². The molecule has 0 saturated carbocycles. The molecule has 0 radical (unpaired) electrons. The Balaban J connectivity index is 1.61. The van der Waals surface area contributed by atoms with Crippen molar-refractivity contribution in [3.05, 3.63) is 92.9 Å². The van der Waals surface area contributed by atoms with E-state index >= 15 is 0 Å². The van der Waals surface area contributed by atoms with Crippen molar-refractivity contribution in [2.75, 3.05) is 0 Å². The Bertz CT molecular complexity index is 1170. The van der Waals surface area contributed by atoms with Crippen molar-refractivity contribution in [2.24, 2.45) is 0 Å². The Morgan fingerprint density at radius 1 is 1.03 bits per heavy atom. The van der Waals surface area contributed by atoms with Gasteiger partial charge in [0, 0.05) is 22.1 Å². The predicted molar refractivity (Wildman–Crippen MR) is 118 cm³/mol. The fourth-order valence-electron chi connectivity index (χ4n) is 3.47. The highest BCUT2D eigenvalue weighted by molar-refractivity contribution is 8.18. The predicted octanol–water partition coefficient (Wildman–Crippen LogP) is 6.12. The van der Waals surface area contributed by atoms with Crippen LogP contribution in [-0.4, -0.2) is 20.6 Å². The molecule has 1 aromatic heterocycles. The zero-order valence-electron chi connectivity index (χ0n) is 16.4. The molecule has 1 saturated heterocycles. The molecule has 4 nitrogen and oxygen atoms in total. The van der Waals surface area contributed by atoms with Gasteiger partial charge in [0.05, 0.1) is 11.4 Å². The van der Waals surface area contributed by atoms with Crippen LogP contribution in [0.15, 0.2) is 59.5 Å². The van der Waals surface area contributed by atoms with Crippen LogP contribution in [0.4, 0.5) is 9.18 Å². The van der Waals surface area contributed by atoms with E-state index in [1.54, 1.807) is 18.2 Å². The average molecular weight is 441 g/mol. The molecule has 2 aromatic carbocycles. The normalized spacial score (nSPS) is 15.5. The summed E-state index contributed by atoms with van der Waals surface area (Å²) in [6.45, 7) is 4.07. The van der Waals surface area contributed by atoms with Crippen LogP contribution in [0, 0.1) is 19.7 Å². The highest BCUT2D eigenvalue weighted by atomic mass is 35.5. The first kappa shape index (κ1) is 20.4. The quantitative estimate of drug-likeness (QED) is 0.459. The van der Waals surface area contributed by atoms with Gasteiger partial charge in [0.25, 0.3) is 11.1 Å². The van der Waals surface area contributed by atoms with Gasteiger partial charge in [-0.3, -0.25) is 14.5 Å². The molecule has 2 heterocycles. The van der Waals surface area contributed by atoms with Crippen LogP contribution in [-0.2, 0) is 11.3 Å². The second kappa shape index (κ2) is 8.13. The van der Waals surface area contributed by atoms with E-state index in [4.69, 9.17) is 11.6 Å². The van der Waals surface area contributed by atoms with Gasteiger partial charge in [-0.2, -0.15) is 0 Å². The molecule has 0 aliphatic carbocycles. The summed E-state index contributed by atoms with van der Waals surface area (Å²) in [4.78, 5) is 26.8. The number of hydrogen-bond donors (Lipinski definition) is 0. The summed E-state index contributed by atoms with van der Waals surface area (Å²) in [6, 6.07) is 15.3. The van der Waals surface area contributed by atoms with Crippen LogP contribution in [0.1, 0.15) is 22.5 Å². The van der Waals surface area contributed by atoms with Crippen molar-refractivity contribution in [2.45, 2.75) is 20.4 Å². The monoisotopic (exact) mass is 440 g/mol. The molecular weight excluding hydrogens is 423 g/mol. The minimum atomic E-state index is -0.358. The molecule has 1 aliphatic heterocycles. The van der Waals surface area contributed by atoms with E-state index in [0.717, 1.165) is 34.4 Å². The molecule has 4 rings (SSSR count). The van der Waals surface area contributed by atoms with Crippen LogP contribution in [0.3, 0.4) is 0 Å². The van der Waals surface area contributed by atoms with Gasteiger partial charge in [0.1, 0.15) is 5.82 Å². The maximum atomic E-state index is 13.1. The molecule has 152 valence electrons. The lowest BCUT2D eigenvalue weighted by Crippen LogP contribution is -2.27. The summed E-state index contributed by atoms with van der Waals surface area (Å²) >= 11 is 6.91. The number of nitrogens with zero attached hydrogens (tertiary/aromatic N) is 2. The van der Waals surface area contributed by atoms with Crippen LogP contribution >= 0.6 is 23.4 Å². The molecule has 0 bridgehead atoms. The van der Waals surface area contributed by atoms with E-state index in [-0.39, 0.29) is 23.5 Å². The summed E-state index contributed by atoms with van der Waals surface area (Å²) < 4.78 is 15.2. The van der Waals surface area contributed by atoms with Gasteiger partial charge >= 0.3 is 0 Å². The summed E-state index contributed by atoms with van der Waals surface area (Å²) in [5, 5.41) is 0.332. The first-order chi connectivity index (χ1) is 14.3. The van der Waals surface area contributed by atoms with Crippen molar-refractivity contribution >= 4 is 40.6 Å². The van der Waals surface area contributed by atoms with E-state index < -0.39 is 0 Å². The zero-order valence-corrected chi connectivity index (χ0v) is 17.9. The molecule has 1 fully saturated rings. The van der Waals surface area contributed by atoms with Gasteiger partial charge in [-0.25, -0.2) is 4.39 Å². The van der Waals surface area contributed by atoms with E-state index in [1.165, 1.54) is 17.0 Å². The number of aryl methyl sites for hydroxylation is 1. The zero-order chi connectivity index (χ0) is 21.4. The van der Waals surface area contributed by atoms with E-state index in [9.17, 15) is 14.0 Å². The fraction of sp³-hybridized carbons (Fsp3) is 0.130. The smallest absolute Gasteiger partial charge is 0.293 e. The molecule has 2 amide bonds. The van der Waals surface area contributed by atoms with Gasteiger partial charge in [-0.1, -0.05) is 23.7 Å². The number of carbonyl (C=O) groups is 2. The Labute approximate surface area is 182 Å². The molecule has 0 spiro atoms. The van der Waals surface area contributed by atoms with Gasteiger partial charge in [-0.05, 0) is 85.3 Å². The van der Waals surface area contributed by atoms with Gasteiger partial charge < -0.3 is 4.57 Å². The third-order valence-corrected chi connectivity index (χ3v) is 6.13. The number of amides is 2. The summed E-state index contributed by atoms with van der Waals surface area (Å²) in [5.41, 5.74) is 4.50. The van der Waals surface area contributed by atoms with Crippen LogP contribution in [0.25, 0.3) is 11.8 Å². The summed E-state index contributed by atoms with van der Waals surface area (Å²) in [7, 11) is 0. The molecular formula is C23H18ClFN2O2S. The Morgan fingerprint density at radius 2 is 1.70 bits per heavy atom. The summed E-state index contributed by atoms with van der Waals surface area (Å²) in [6.07, 6.45) is 1.75. The number of hydrogen-bond acceptors (Lipinski definition) is 3. The number of imide groups is 1. The molecule has 1 aliphatic rings. The third-order valence-electron chi connectivity index (χ3n) is 4.97. The molecule has 0 unspecified atom stereocenters. The van der Waals surface area contributed by atoms with E-state index in [1.807, 2.05) is 44.2 Å². The molecule has 0 N–H and O–H groups in total. The van der Waals surface area contributed by atoms with Crippen LogP contribution in [0.2, 0.25) is 5.02 Å². The lowest BCUT2D eigenvalue weighted by atomic mass is 10.2. The number of thioether (sulfide) groups is 1. The Morgan fingerprint density at radius 3 is 2.37 bits per heavy atom. The van der Waals surface area contributed by atoms with Crippen LogP contribution in [0.5, 0.6) is 0 Å². The topological polar surface area (TPSA) is 42.3 Å². The molecule has 3 aromatic rings. The number of rotatable bonds is 4.